The quantitative estimate of drug-likeness (QED) is 0.0509. The van der Waals surface area contributed by atoms with Crippen LogP contribution in [0.3, 0.4) is 0 Å². The lowest BCUT2D eigenvalue weighted by molar-refractivity contribution is -0.119. The molecule has 5 heteroatoms. The molecule has 0 aromatic heterocycles. The highest BCUT2D eigenvalue weighted by molar-refractivity contribution is 8.13. The molecule has 0 fully saturated rings. The molecule has 0 unspecified atom stereocenters. The van der Waals surface area contributed by atoms with E-state index in [2.05, 4.69) is 74.2 Å². The van der Waals surface area contributed by atoms with E-state index in [1.807, 2.05) is 0 Å². The van der Waals surface area contributed by atoms with E-state index in [0.717, 1.165) is 89.6 Å². The van der Waals surface area contributed by atoms with Crippen molar-refractivity contribution in [3.63, 3.8) is 0 Å². The predicted octanol–water partition coefficient (Wildman–Crippen LogP) is 12.7. The second-order valence-electron chi connectivity index (χ2n) is 13.4. The van der Waals surface area contributed by atoms with Crippen molar-refractivity contribution in [2.45, 2.75) is 174 Å². The minimum Gasteiger partial charge on any atom is -0.334 e. The van der Waals surface area contributed by atoms with Crippen LogP contribution in [0.5, 0.6) is 0 Å². The first-order chi connectivity index (χ1) is 22.5. The minimum absolute atomic E-state index is 0.252. The Hall–Kier alpha value is -1.33. The highest BCUT2D eigenvalue weighted by atomic mass is 32.2. The number of carbonyl (C=O) groups excluding carboxylic acids is 2. The molecule has 0 rings (SSSR count). The van der Waals surface area contributed by atoms with Crippen LogP contribution in [0, 0.1) is 0 Å². The Kier molecular flexibility index (Phi) is 35.4. The van der Waals surface area contributed by atoms with E-state index in [-0.39, 0.29) is 5.24 Å². The molecule has 0 heterocycles. The fourth-order valence-corrected chi connectivity index (χ4v) is 6.44. The van der Waals surface area contributed by atoms with E-state index >= 15 is 0 Å². The van der Waals surface area contributed by atoms with Gasteiger partial charge >= 0.3 is 0 Å². The van der Waals surface area contributed by atoms with Crippen LogP contribution in [-0.4, -0.2) is 60.3 Å². The zero-order valence-electron chi connectivity index (χ0n) is 31.1. The zero-order valence-corrected chi connectivity index (χ0v) is 31.9. The van der Waals surface area contributed by atoms with Gasteiger partial charge in [-0.1, -0.05) is 139 Å². The Morgan fingerprint density at radius 3 is 1.50 bits per heavy atom. The van der Waals surface area contributed by atoms with Crippen molar-refractivity contribution in [3.05, 3.63) is 36.5 Å². The zero-order chi connectivity index (χ0) is 33.8. The van der Waals surface area contributed by atoms with Crippen molar-refractivity contribution in [2.75, 3.05) is 39.5 Å². The molecule has 0 radical (unpaired) electrons. The molecular weight excluding hydrogens is 585 g/mol. The summed E-state index contributed by atoms with van der Waals surface area (Å²) in [5.41, 5.74) is 0. The fourth-order valence-electron chi connectivity index (χ4n) is 5.44. The number of rotatable bonds is 34. The summed E-state index contributed by atoms with van der Waals surface area (Å²) in [6.07, 6.45) is 42.9. The van der Waals surface area contributed by atoms with Gasteiger partial charge in [0.25, 0.3) is 5.24 Å². The minimum atomic E-state index is 0.252. The molecule has 268 valence electrons. The molecule has 1 amide bonds. The Morgan fingerprint density at radius 1 is 0.500 bits per heavy atom. The van der Waals surface area contributed by atoms with Crippen LogP contribution in [0.25, 0.3) is 0 Å². The molecule has 0 aliphatic rings. The van der Waals surface area contributed by atoms with Gasteiger partial charge in [0.2, 0.25) is 0 Å². The predicted molar refractivity (Wildman–Crippen MR) is 207 cm³/mol. The molecule has 0 bridgehead atoms. The van der Waals surface area contributed by atoms with Gasteiger partial charge in [-0.3, -0.25) is 9.59 Å². The van der Waals surface area contributed by atoms with Crippen molar-refractivity contribution in [1.29, 1.82) is 0 Å². The molecular formula is C41H76N2O2S. The first kappa shape index (κ1) is 44.7. The van der Waals surface area contributed by atoms with Gasteiger partial charge in [-0.25, -0.2) is 0 Å². The van der Waals surface area contributed by atoms with Crippen LogP contribution in [0.2, 0.25) is 0 Å². The number of amides is 1. The smallest absolute Gasteiger partial charge is 0.281 e. The normalized spacial score (nSPS) is 12.0. The van der Waals surface area contributed by atoms with Crippen molar-refractivity contribution in [2.24, 2.45) is 0 Å². The van der Waals surface area contributed by atoms with Crippen LogP contribution in [0.15, 0.2) is 36.5 Å². The van der Waals surface area contributed by atoms with E-state index in [1.165, 1.54) is 102 Å². The van der Waals surface area contributed by atoms with E-state index in [0.29, 0.717) is 12.2 Å². The monoisotopic (exact) mass is 661 g/mol. The number of allylic oxidation sites excluding steroid dienone is 6. The van der Waals surface area contributed by atoms with Gasteiger partial charge in [-0.15, -0.1) is 0 Å². The maximum atomic E-state index is 13.0. The number of Topliss-reactive ketones (excluding diaryl/α,β-unsaturated/α-hetero) is 1. The van der Waals surface area contributed by atoms with Gasteiger partial charge in [-0.05, 0) is 84.7 Å². The van der Waals surface area contributed by atoms with E-state index in [9.17, 15) is 9.59 Å². The van der Waals surface area contributed by atoms with Crippen molar-refractivity contribution in [3.8, 4) is 0 Å². The molecule has 0 aliphatic carbocycles. The second-order valence-corrected chi connectivity index (χ2v) is 14.5. The maximum Gasteiger partial charge on any atom is 0.281 e. The van der Waals surface area contributed by atoms with Crippen molar-refractivity contribution < 1.29 is 9.59 Å². The lowest BCUT2D eigenvalue weighted by Gasteiger charge is -2.22. The summed E-state index contributed by atoms with van der Waals surface area (Å²) >= 11 is 1.48. The Balaban J connectivity index is 4.04. The number of hydrogen-bond donors (Lipinski definition) is 0. The largest absolute Gasteiger partial charge is 0.334 e. The number of carbonyl (C=O) groups is 2. The van der Waals surface area contributed by atoms with Crippen LogP contribution >= 0.6 is 11.8 Å². The summed E-state index contributed by atoms with van der Waals surface area (Å²) in [5, 5.41) is 0.252. The van der Waals surface area contributed by atoms with Crippen LogP contribution in [0.1, 0.15) is 174 Å². The van der Waals surface area contributed by atoms with Crippen molar-refractivity contribution >= 4 is 22.8 Å². The number of unbranched alkanes of at least 4 members (excludes halogenated alkanes) is 17. The van der Waals surface area contributed by atoms with E-state index in [1.54, 1.807) is 0 Å². The maximum absolute atomic E-state index is 13.0. The molecule has 0 spiro atoms. The molecule has 0 aliphatic heterocycles. The molecule has 0 aromatic carbocycles. The first-order valence-electron chi connectivity index (χ1n) is 19.5. The summed E-state index contributed by atoms with van der Waals surface area (Å²) in [5.74, 6) is 1.27. The van der Waals surface area contributed by atoms with Gasteiger partial charge in [-0.2, -0.15) is 0 Å². The van der Waals surface area contributed by atoms with Crippen LogP contribution in [-0.2, 0) is 4.79 Å². The summed E-state index contributed by atoms with van der Waals surface area (Å²) in [4.78, 5) is 29.4. The molecule has 0 aromatic rings. The first-order valence-corrected chi connectivity index (χ1v) is 20.5. The molecule has 0 saturated heterocycles. The summed E-state index contributed by atoms with van der Waals surface area (Å²) in [6.45, 7) is 7.20. The summed E-state index contributed by atoms with van der Waals surface area (Å²) in [7, 11) is 4.13. The van der Waals surface area contributed by atoms with Crippen molar-refractivity contribution in [1.82, 2.24) is 9.80 Å². The topological polar surface area (TPSA) is 40.6 Å². The number of thioether (sulfide) groups is 1. The Morgan fingerprint density at radius 2 is 0.957 bits per heavy atom. The second kappa shape index (κ2) is 36.5. The number of hydrogen-bond acceptors (Lipinski definition) is 4. The highest BCUT2D eigenvalue weighted by Crippen LogP contribution is 2.15. The third kappa shape index (κ3) is 34.0. The molecule has 0 atom stereocenters. The molecule has 46 heavy (non-hydrogen) atoms. The SMILES string of the molecule is CCCCCC/C=C\C/C=C\CCCCCCCN(CCCCCCCC(=O)CC/C=C\CCCCCC)C(=O)SCCN(C)C. The molecule has 0 saturated carbocycles. The number of ketones is 1. The lowest BCUT2D eigenvalue weighted by Crippen LogP contribution is -2.30. The third-order valence-electron chi connectivity index (χ3n) is 8.52. The fraction of sp³-hybridized carbons (Fsp3) is 0.805. The number of nitrogens with zero attached hydrogens (tertiary/aromatic N) is 2. The van der Waals surface area contributed by atoms with Gasteiger partial charge < -0.3 is 9.80 Å². The standard InChI is InChI=1S/C41H76N2O2S/c1-5-7-9-11-13-15-16-17-18-19-20-21-22-24-28-32-36-43(41(45)46-39-38-42(3)4)37-33-29-25-27-31-35-40(44)34-30-26-23-14-12-10-8-6-2/h15-16,18-19,23,26H,5-14,17,20-22,24-25,27-39H2,1-4H3/b16-15-,19-18-,26-23-. The van der Waals surface area contributed by atoms with Crippen LogP contribution in [0.4, 0.5) is 4.79 Å². The molecule has 0 N–H and O–H groups in total. The van der Waals surface area contributed by atoms with Gasteiger partial charge in [0.05, 0.1) is 0 Å². The van der Waals surface area contributed by atoms with Gasteiger partial charge in [0.1, 0.15) is 5.78 Å². The van der Waals surface area contributed by atoms with Crippen LogP contribution < -0.4 is 0 Å². The summed E-state index contributed by atoms with van der Waals surface area (Å²) < 4.78 is 0. The third-order valence-corrected chi connectivity index (χ3v) is 9.41. The molecule has 4 nitrogen and oxygen atoms in total. The summed E-state index contributed by atoms with van der Waals surface area (Å²) in [6, 6.07) is 0. The Bertz CT molecular complexity index is 762. The van der Waals surface area contributed by atoms with Gasteiger partial charge in [0, 0.05) is 38.2 Å². The van der Waals surface area contributed by atoms with Gasteiger partial charge in [0.15, 0.2) is 0 Å². The van der Waals surface area contributed by atoms with E-state index < -0.39 is 0 Å². The lowest BCUT2D eigenvalue weighted by atomic mass is 10.1. The highest BCUT2D eigenvalue weighted by Gasteiger charge is 2.13. The Labute approximate surface area is 291 Å². The average molecular weight is 661 g/mol. The van der Waals surface area contributed by atoms with E-state index in [4.69, 9.17) is 0 Å². The average Bonchev–Trinajstić information content (AvgIpc) is 3.04.